The van der Waals surface area contributed by atoms with Gasteiger partial charge in [-0.05, 0) is 37.4 Å². The Bertz CT molecular complexity index is 1230. The lowest BCUT2D eigenvalue weighted by atomic mass is 10.00. The number of hydrogen-bond acceptors (Lipinski definition) is 7. The van der Waals surface area contributed by atoms with Gasteiger partial charge in [0.15, 0.2) is 0 Å². The molecule has 210 valence electrons. The molecule has 1 N–H and O–H groups in total. The van der Waals surface area contributed by atoms with Gasteiger partial charge in [-0.1, -0.05) is 71.8 Å². The monoisotopic (exact) mass is 577 g/mol. The van der Waals surface area contributed by atoms with Gasteiger partial charge in [0.25, 0.3) is 0 Å². The highest BCUT2D eigenvalue weighted by molar-refractivity contribution is 6.29. The molecule has 0 spiro atoms. The third kappa shape index (κ3) is 10.6. The summed E-state index contributed by atoms with van der Waals surface area (Å²) in [7, 11) is 4.27. The summed E-state index contributed by atoms with van der Waals surface area (Å²) in [6.45, 7) is 6.86. The number of rotatable bonds is 6. The quantitative estimate of drug-likeness (QED) is 0.397. The van der Waals surface area contributed by atoms with Crippen LogP contribution in [-0.4, -0.2) is 83.1 Å². The van der Waals surface area contributed by atoms with Crippen molar-refractivity contribution in [3.8, 4) is 0 Å². The van der Waals surface area contributed by atoms with Gasteiger partial charge in [-0.25, -0.2) is 19.9 Å². The van der Waals surface area contributed by atoms with E-state index < -0.39 is 0 Å². The van der Waals surface area contributed by atoms with Crippen LogP contribution in [0.2, 0.25) is 10.3 Å². The minimum Gasteiger partial charge on any atom is -0.315 e. The Labute approximate surface area is 247 Å². The predicted molar refractivity (Wildman–Crippen MR) is 166 cm³/mol. The van der Waals surface area contributed by atoms with Gasteiger partial charge >= 0.3 is 0 Å². The Hall–Kier alpha value is -2.94. The van der Waals surface area contributed by atoms with E-state index >= 15 is 0 Å². The van der Waals surface area contributed by atoms with Gasteiger partial charge in [-0.15, -0.1) is 0 Å². The van der Waals surface area contributed by atoms with Crippen LogP contribution >= 0.6 is 23.2 Å². The molecule has 0 atom stereocenters. The average Bonchev–Trinajstić information content (AvgIpc) is 2.90. The number of nitrogens with zero attached hydrogens (tertiary/aromatic N) is 6. The number of likely N-dealkylation sites (tertiary alicyclic amines) is 2. The summed E-state index contributed by atoms with van der Waals surface area (Å²) in [4.78, 5) is 20.5. The second-order valence-electron chi connectivity index (χ2n) is 10.5. The lowest BCUT2D eigenvalue weighted by molar-refractivity contribution is 0.170. The zero-order valence-electron chi connectivity index (χ0n) is 23.1. The zero-order chi connectivity index (χ0) is 28.2. The van der Waals surface area contributed by atoms with E-state index in [9.17, 15) is 0 Å². The summed E-state index contributed by atoms with van der Waals surface area (Å²) in [5, 5.41) is 4.31. The van der Waals surface area contributed by atoms with E-state index in [0.717, 1.165) is 42.9 Å². The van der Waals surface area contributed by atoms with Crippen LogP contribution in [-0.2, 0) is 0 Å². The summed E-state index contributed by atoms with van der Waals surface area (Å²) < 4.78 is 0. The average molecular weight is 579 g/mol. The van der Waals surface area contributed by atoms with Crippen molar-refractivity contribution in [3.05, 3.63) is 101 Å². The molecule has 3 aromatic rings. The third-order valence-electron chi connectivity index (χ3n) is 6.76. The molecule has 0 radical (unpaired) electrons. The summed E-state index contributed by atoms with van der Waals surface area (Å²) in [5.74, 6) is 2.11. The Kier molecular flexibility index (Phi) is 11.8. The fraction of sp³-hybridized carbons (Fsp3) is 0.355. The van der Waals surface area contributed by atoms with Crippen LogP contribution in [0, 0.1) is 17.8 Å². The summed E-state index contributed by atoms with van der Waals surface area (Å²) >= 11 is 11.4. The first kappa shape index (κ1) is 30.0. The first-order valence-corrected chi connectivity index (χ1v) is 14.3. The van der Waals surface area contributed by atoms with Crippen molar-refractivity contribution in [2.24, 2.45) is 17.8 Å². The standard InChI is InChI=1S/C11H13ClN2.C10H11ClN2.C10H13N3/c1-14-7-10(8-14)3-2-9-4-5-11(12)13-6-9;11-10-4-3-8(7-13-10)1-2-9-5-12-6-9;1-13-6-10(7-13)3-2-9-4-11-8-12-5-9/h2-6,10H,7-8H2,1H3;1-4,7,9,12H,5-6H2;2-5,8,10H,6-7H2,1H3/b3-2+;2-1+;3-2+. The largest absolute Gasteiger partial charge is 0.315 e. The van der Waals surface area contributed by atoms with E-state index in [4.69, 9.17) is 23.2 Å². The highest BCUT2D eigenvalue weighted by Crippen LogP contribution is 2.17. The molecule has 3 saturated heterocycles. The van der Waals surface area contributed by atoms with E-state index in [0.29, 0.717) is 28.1 Å². The molecule has 3 aromatic heterocycles. The third-order valence-corrected chi connectivity index (χ3v) is 7.21. The van der Waals surface area contributed by atoms with Gasteiger partial charge in [0, 0.05) is 87.4 Å². The maximum atomic E-state index is 5.69. The Morgan fingerprint density at radius 2 is 1.10 bits per heavy atom. The Morgan fingerprint density at radius 3 is 1.48 bits per heavy atom. The van der Waals surface area contributed by atoms with Crippen molar-refractivity contribution in [1.29, 1.82) is 0 Å². The number of nitrogens with one attached hydrogen (secondary N) is 1. The highest BCUT2D eigenvalue weighted by Gasteiger charge is 2.20. The first-order chi connectivity index (χ1) is 19.4. The maximum Gasteiger partial charge on any atom is 0.129 e. The van der Waals surface area contributed by atoms with Crippen molar-refractivity contribution in [2.75, 3.05) is 53.4 Å². The molecule has 6 heterocycles. The van der Waals surface area contributed by atoms with Crippen molar-refractivity contribution in [2.45, 2.75) is 0 Å². The molecule has 0 saturated carbocycles. The van der Waals surface area contributed by atoms with Gasteiger partial charge in [0.1, 0.15) is 16.6 Å². The van der Waals surface area contributed by atoms with E-state index in [2.05, 4.69) is 85.6 Å². The topological polar surface area (TPSA) is 70.1 Å². The number of hydrogen-bond donors (Lipinski definition) is 1. The normalized spacial score (nSPS) is 18.5. The summed E-state index contributed by atoms with van der Waals surface area (Å²) in [6, 6.07) is 7.57. The van der Waals surface area contributed by atoms with E-state index in [-0.39, 0.29) is 0 Å². The van der Waals surface area contributed by atoms with Gasteiger partial charge < -0.3 is 15.1 Å². The minimum atomic E-state index is 0.544. The molecule has 0 bridgehead atoms. The molecule has 0 aliphatic carbocycles. The fourth-order valence-electron chi connectivity index (χ4n) is 4.29. The molecule has 3 fully saturated rings. The van der Waals surface area contributed by atoms with E-state index in [1.807, 2.05) is 30.6 Å². The molecule has 0 unspecified atom stereocenters. The van der Waals surface area contributed by atoms with Crippen molar-refractivity contribution < 1.29 is 0 Å². The first-order valence-electron chi connectivity index (χ1n) is 13.5. The number of aromatic nitrogens is 4. The molecule has 3 aliphatic heterocycles. The van der Waals surface area contributed by atoms with Gasteiger partial charge in [-0.2, -0.15) is 0 Å². The lowest BCUT2D eigenvalue weighted by Gasteiger charge is -2.34. The number of halogens is 2. The minimum absolute atomic E-state index is 0.544. The second-order valence-corrected chi connectivity index (χ2v) is 11.2. The fourth-order valence-corrected chi connectivity index (χ4v) is 4.52. The molecule has 6 rings (SSSR count). The molecular weight excluding hydrogens is 541 g/mol. The van der Waals surface area contributed by atoms with Gasteiger partial charge in [-0.3, -0.25) is 0 Å². The van der Waals surface area contributed by atoms with Crippen LogP contribution in [0.3, 0.4) is 0 Å². The summed E-state index contributed by atoms with van der Waals surface area (Å²) in [6.07, 6.45) is 21.8. The smallest absolute Gasteiger partial charge is 0.129 e. The van der Waals surface area contributed by atoms with Crippen molar-refractivity contribution in [1.82, 2.24) is 35.1 Å². The molecule has 7 nitrogen and oxygen atoms in total. The van der Waals surface area contributed by atoms with Crippen LogP contribution < -0.4 is 5.32 Å². The van der Waals surface area contributed by atoms with Crippen LogP contribution in [0.1, 0.15) is 16.7 Å². The van der Waals surface area contributed by atoms with Crippen LogP contribution in [0.25, 0.3) is 18.2 Å². The van der Waals surface area contributed by atoms with E-state index in [1.54, 1.807) is 24.8 Å². The summed E-state index contributed by atoms with van der Waals surface area (Å²) in [5.41, 5.74) is 3.30. The van der Waals surface area contributed by atoms with Crippen molar-refractivity contribution in [3.63, 3.8) is 0 Å². The second kappa shape index (κ2) is 15.7. The molecule has 9 heteroatoms. The maximum absolute atomic E-state index is 5.69. The molecule has 0 aromatic carbocycles. The van der Waals surface area contributed by atoms with Gasteiger partial charge in [0.2, 0.25) is 0 Å². The zero-order valence-corrected chi connectivity index (χ0v) is 24.6. The Balaban J connectivity index is 0.000000139. The molecular formula is C31H37Cl2N7. The highest BCUT2D eigenvalue weighted by atomic mass is 35.5. The van der Waals surface area contributed by atoms with Crippen molar-refractivity contribution >= 4 is 41.4 Å². The molecule has 40 heavy (non-hydrogen) atoms. The van der Waals surface area contributed by atoms with Crippen LogP contribution in [0.5, 0.6) is 0 Å². The number of pyridine rings is 2. The SMILES string of the molecule is CN1CC(/C=C/c2ccc(Cl)nc2)C1.CN1CC(/C=C/c2cncnc2)C1.Clc1ccc(/C=C/C2CNC2)cn1. The lowest BCUT2D eigenvalue weighted by Crippen LogP contribution is -2.42. The van der Waals surface area contributed by atoms with Crippen LogP contribution in [0.4, 0.5) is 0 Å². The predicted octanol–water partition coefficient (Wildman–Crippen LogP) is 5.33. The van der Waals surface area contributed by atoms with Gasteiger partial charge in [0.05, 0.1) is 0 Å². The molecule has 3 aliphatic rings. The Morgan fingerprint density at radius 1 is 0.650 bits per heavy atom. The molecule has 0 amide bonds. The van der Waals surface area contributed by atoms with E-state index in [1.165, 1.54) is 13.1 Å². The van der Waals surface area contributed by atoms with Crippen LogP contribution in [0.15, 0.2) is 73.6 Å².